The zero-order chi connectivity index (χ0) is 18.3. The number of nitrogens with one attached hydrogen (secondary N) is 2. The lowest BCUT2D eigenvalue weighted by atomic mass is 10.2. The molecule has 0 saturated carbocycles. The van der Waals surface area contributed by atoms with E-state index in [4.69, 9.17) is 16.3 Å². The Morgan fingerprint density at radius 3 is 2.52 bits per heavy atom. The van der Waals surface area contributed by atoms with Crippen LogP contribution < -0.4 is 10.0 Å². The Bertz CT molecular complexity index is 804. The molecular weight excluding hydrogens is 384 g/mol. The van der Waals surface area contributed by atoms with Crippen molar-refractivity contribution in [3.05, 3.63) is 46.3 Å². The maximum Gasteiger partial charge on any atom is 0.271 e. The predicted molar refractivity (Wildman–Crippen MR) is 100 cm³/mol. The Labute approximate surface area is 156 Å². The number of ether oxygens (including phenoxy) is 1. The number of thiophene rings is 1. The lowest BCUT2D eigenvalue weighted by Gasteiger charge is -2.08. The number of halogens is 1. The van der Waals surface area contributed by atoms with Crippen LogP contribution in [0.2, 0.25) is 4.34 Å². The molecule has 0 aliphatic heterocycles. The smallest absolute Gasteiger partial charge is 0.271 e. The predicted octanol–water partition coefficient (Wildman–Crippen LogP) is 3.36. The van der Waals surface area contributed by atoms with Crippen LogP contribution in [0.25, 0.3) is 0 Å². The average Bonchev–Trinajstić information content (AvgIpc) is 3.02. The fourth-order valence-electron chi connectivity index (χ4n) is 1.96. The summed E-state index contributed by atoms with van der Waals surface area (Å²) in [4.78, 5) is 12.0. The highest BCUT2D eigenvalue weighted by Crippen LogP contribution is 2.27. The minimum absolute atomic E-state index is 0.133. The number of carbonyl (C=O) groups is 1. The molecule has 0 aliphatic rings. The minimum atomic E-state index is -3.68. The molecule has 0 fully saturated rings. The fraction of sp³-hybridized carbons (Fsp3) is 0.312. The molecule has 0 spiro atoms. The summed E-state index contributed by atoms with van der Waals surface area (Å²) in [6, 6.07) is 9.19. The van der Waals surface area contributed by atoms with Gasteiger partial charge in [-0.3, -0.25) is 9.52 Å². The van der Waals surface area contributed by atoms with Crippen molar-refractivity contribution in [2.45, 2.75) is 17.6 Å². The van der Waals surface area contributed by atoms with Gasteiger partial charge in [0.1, 0.15) is 4.21 Å². The van der Waals surface area contributed by atoms with Crippen LogP contribution in [-0.2, 0) is 14.8 Å². The highest BCUT2D eigenvalue weighted by atomic mass is 35.5. The van der Waals surface area contributed by atoms with Crippen molar-refractivity contribution in [3.63, 3.8) is 0 Å². The third-order valence-corrected chi connectivity index (χ3v) is 6.27. The Morgan fingerprint density at radius 2 is 1.92 bits per heavy atom. The van der Waals surface area contributed by atoms with Crippen molar-refractivity contribution in [1.29, 1.82) is 0 Å². The molecule has 2 rings (SSSR count). The second-order valence-electron chi connectivity index (χ2n) is 5.05. The summed E-state index contributed by atoms with van der Waals surface area (Å²) >= 11 is 6.75. The highest BCUT2D eigenvalue weighted by Gasteiger charge is 2.17. The SMILES string of the molecule is CCOCCCNC(=O)c1ccc(NS(=O)(=O)c2ccc(Cl)s2)cc1. The minimum Gasteiger partial charge on any atom is -0.382 e. The van der Waals surface area contributed by atoms with Crippen LogP contribution in [-0.4, -0.2) is 34.1 Å². The normalized spacial score (nSPS) is 11.3. The molecule has 0 saturated heterocycles. The summed E-state index contributed by atoms with van der Waals surface area (Å²) in [5.41, 5.74) is 0.830. The zero-order valence-corrected chi connectivity index (χ0v) is 16.0. The average molecular weight is 403 g/mol. The van der Waals surface area contributed by atoms with Crippen LogP contribution in [0.4, 0.5) is 5.69 Å². The molecule has 0 bridgehead atoms. The number of carbonyl (C=O) groups excluding carboxylic acids is 1. The summed E-state index contributed by atoms with van der Waals surface area (Å²) in [5.74, 6) is -0.212. The molecule has 1 amide bonds. The van der Waals surface area contributed by atoms with Crippen molar-refractivity contribution in [2.24, 2.45) is 0 Å². The summed E-state index contributed by atoms with van der Waals surface area (Å²) in [5, 5.41) is 2.78. The number of hydrogen-bond acceptors (Lipinski definition) is 5. The first kappa shape index (κ1) is 19.7. The van der Waals surface area contributed by atoms with Crippen molar-refractivity contribution in [1.82, 2.24) is 5.32 Å². The first-order valence-electron chi connectivity index (χ1n) is 7.66. The molecule has 0 atom stereocenters. The third kappa shape index (κ3) is 6.00. The maximum atomic E-state index is 12.2. The van der Waals surface area contributed by atoms with Gasteiger partial charge >= 0.3 is 0 Å². The quantitative estimate of drug-likeness (QED) is 0.630. The Morgan fingerprint density at radius 1 is 1.20 bits per heavy atom. The van der Waals surface area contributed by atoms with E-state index in [-0.39, 0.29) is 10.1 Å². The number of sulfonamides is 1. The molecule has 1 aromatic carbocycles. The fourth-order valence-corrected chi connectivity index (χ4v) is 4.50. The number of anilines is 1. The van der Waals surface area contributed by atoms with Crippen LogP contribution in [0, 0.1) is 0 Å². The molecule has 0 radical (unpaired) electrons. The molecule has 0 unspecified atom stereocenters. The summed E-state index contributed by atoms with van der Waals surface area (Å²) < 4.78 is 32.6. The molecule has 1 heterocycles. The summed E-state index contributed by atoms with van der Waals surface area (Å²) in [6.07, 6.45) is 0.737. The molecule has 25 heavy (non-hydrogen) atoms. The van der Waals surface area contributed by atoms with E-state index < -0.39 is 10.0 Å². The monoisotopic (exact) mass is 402 g/mol. The third-order valence-electron chi connectivity index (χ3n) is 3.17. The van der Waals surface area contributed by atoms with E-state index in [0.29, 0.717) is 35.3 Å². The van der Waals surface area contributed by atoms with Gasteiger partial charge < -0.3 is 10.1 Å². The van der Waals surface area contributed by atoms with Gasteiger partial charge in [-0.2, -0.15) is 0 Å². The molecule has 2 N–H and O–H groups in total. The number of benzene rings is 1. The van der Waals surface area contributed by atoms with Gasteiger partial charge in [-0.15, -0.1) is 11.3 Å². The molecule has 1 aromatic heterocycles. The Hall–Kier alpha value is -1.61. The van der Waals surface area contributed by atoms with Crippen LogP contribution in [0.15, 0.2) is 40.6 Å². The van der Waals surface area contributed by atoms with E-state index >= 15 is 0 Å². The van der Waals surface area contributed by atoms with Gasteiger partial charge in [0.15, 0.2) is 0 Å². The van der Waals surface area contributed by atoms with Crippen LogP contribution in [0.1, 0.15) is 23.7 Å². The van der Waals surface area contributed by atoms with Crippen molar-refractivity contribution in [2.75, 3.05) is 24.5 Å². The largest absolute Gasteiger partial charge is 0.382 e. The molecule has 9 heteroatoms. The van der Waals surface area contributed by atoms with Crippen LogP contribution in [0.3, 0.4) is 0 Å². The Balaban J connectivity index is 1.92. The molecule has 6 nitrogen and oxygen atoms in total. The van der Waals surface area contributed by atoms with Crippen molar-refractivity contribution < 1.29 is 17.9 Å². The molecule has 0 aliphatic carbocycles. The molecule has 136 valence electrons. The second kappa shape index (κ2) is 9.19. The first-order valence-corrected chi connectivity index (χ1v) is 10.3. The van der Waals surface area contributed by atoms with Crippen molar-refractivity contribution >= 4 is 44.6 Å². The van der Waals surface area contributed by atoms with Gasteiger partial charge in [0.05, 0.1) is 4.34 Å². The van der Waals surface area contributed by atoms with Gasteiger partial charge in [-0.1, -0.05) is 11.6 Å². The van der Waals surface area contributed by atoms with E-state index in [1.165, 1.54) is 12.1 Å². The van der Waals surface area contributed by atoms with Gasteiger partial charge in [0.25, 0.3) is 15.9 Å². The van der Waals surface area contributed by atoms with E-state index in [1.54, 1.807) is 24.3 Å². The van der Waals surface area contributed by atoms with Gasteiger partial charge in [0, 0.05) is 31.0 Å². The van der Waals surface area contributed by atoms with Gasteiger partial charge in [-0.25, -0.2) is 8.42 Å². The van der Waals surface area contributed by atoms with Crippen molar-refractivity contribution in [3.8, 4) is 0 Å². The van der Waals surface area contributed by atoms with E-state index in [1.807, 2.05) is 6.92 Å². The second-order valence-corrected chi connectivity index (χ2v) is 8.67. The number of hydrogen-bond donors (Lipinski definition) is 2. The lowest BCUT2D eigenvalue weighted by Crippen LogP contribution is -2.25. The summed E-state index contributed by atoms with van der Waals surface area (Å²) in [7, 11) is -3.68. The van der Waals surface area contributed by atoms with Gasteiger partial charge in [-0.05, 0) is 49.7 Å². The zero-order valence-electron chi connectivity index (χ0n) is 13.6. The first-order chi connectivity index (χ1) is 11.9. The maximum absolute atomic E-state index is 12.2. The summed E-state index contributed by atoms with van der Waals surface area (Å²) in [6.45, 7) is 3.70. The topological polar surface area (TPSA) is 84.5 Å². The lowest BCUT2D eigenvalue weighted by molar-refractivity contribution is 0.0944. The van der Waals surface area contributed by atoms with E-state index in [9.17, 15) is 13.2 Å². The molecular formula is C16H19ClN2O4S2. The van der Waals surface area contributed by atoms with Crippen LogP contribution in [0.5, 0.6) is 0 Å². The molecule has 2 aromatic rings. The standard InChI is InChI=1S/C16H19ClN2O4S2/c1-2-23-11-3-10-18-16(20)12-4-6-13(7-5-12)19-25(21,22)15-9-8-14(17)24-15/h4-9,19H,2-3,10-11H2,1H3,(H,18,20). The van der Waals surface area contributed by atoms with E-state index in [0.717, 1.165) is 17.8 Å². The Kier molecular flexibility index (Phi) is 7.24. The van der Waals surface area contributed by atoms with Gasteiger partial charge in [0.2, 0.25) is 0 Å². The van der Waals surface area contributed by atoms with E-state index in [2.05, 4.69) is 10.0 Å². The van der Waals surface area contributed by atoms with Crippen LogP contribution >= 0.6 is 22.9 Å². The number of amides is 1. The highest BCUT2D eigenvalue weighted by molar-refractivity contribution is 7.94. The number of rotatable bonds is 9.